The smallest absolute Gasteiger partial charge is 0.408 e. The number of halogens is 3. The lowest BCUT2D eigenvalue weighted by Gasteiger charge is -2.42. The zero-order valence-corrected chi connectivity index (χ0v) is 35.0. The fourth-order valence-corrected chi connectivity index (χ4v) is 10.1. The number of amides is 4. The van der Waals surface area contributed by atoms with Gasteiger partial charge in [0.2, 0.25) is 21.8 Å². The minimum absolute atomic E-state index is 0.0120. The van der Waals surface area contributed by atoms with Crippen LogP contribution in [0.15, 0.2) is 42.6 Å². The maximum Gasteiger partial charge on any atom is 0.408 e. The lowest BCUT2D eigenvalue weighted by Crippen LogP contribution is -2.64. The van der Waals surface area contributed by atoms with Crippen molar-refractivity contribution in [3.8, 4) is 11.6 Å². The third-order valence-electron chi connectivity index (χ3n) is 12.7. The second-order valence-electron chi connectivity index (χ2n) is 16.9. The summed E-state index contributed by atoms with van der Waals surface area (Å²) in [5.74, 6) is -5.30. The number of alkyl halides is 3. The molecule has 3 heterocycles. The van der Waals surface area contributed by atoms with Crippen LogP contribution in [0, 0.1) is 17.8 Å². The Hall–Kier alpha value is -4.61. The second kappa shape index (κ2) is 16.1. The number of sulfonamides is 1. The molecule has 3 fully saturated rings. The maximum absolute atomic E-state index is 17.6. The van der Waals surface area contributed by atoms with Gasteiger partial charge in [-0.25, -0.2) is 22.6 Å². The third kappa shape index (κ3) is 7.81. The molecule has 0 bridgehead atoms. The number of fused-ring (bicyclic) bond motifs is 3. The number of pyridine rings is 1. The Balaban J connectivity index is 1.48. The minimum atomic E-state index is -4.55. The second-order valence-corrected chi connectivity index (χ2v) is 19.0. The van der Waals surface area contributed by atoms with Gasteiger partial charge in [-0.05, 0) is 83.6 Å². The van der Waals surface area contributed by atoms with E-state index in [1.54, 1.807) is 64.1 Å². The standard InChI is InChI=1S/C41H54F3N5O9S/c1-7-26(5)48(37(53)54)32-25(4)19-24(3)13-9-10-14-27-20-40(27,36(52)47-59(55,56)39(23-42)17-18-39)46-33(50)30-21-38(6,41(43,44)49(30)35(32)51)58-34-29-16-12-11-15-28(29)31(22-45-34)57-8-2/h10-12,14-16,22,24-27,30,32H,7-9,13,17-21,23H2,1-6H3,(H,46,50)(H,47,52)(H,53,54)/b14-10-/t24-,25-,26?,27-,30+,32+,38-,40-/m1/s1. The summed E-state index contributed by atoms with van der Waals surface area (Å²) in [6, 6.07) is -2.20. The molecule has 1 saturated heterocycles. The van der Waals surface area contributed by atoms with Crippen molar-refractivity contribution in [1.29, 1.82) is 0 Å². The molecule has 0 radical (unpaired) electrons. The molecule has 1 aromatic carbocycles. The molecule has 4 aliphatic rings. The topological polar surface area (TPSA) is 185 Å². The molecule has 324 valence electrons. The van der Waals surface area contributed by atoms with Gasteiger partial charge in [0.05, 0.1) is 12.8 Å². The molecule has 0 spiro atoms. The van der Waals surface area contributed by atoms with Gasteiger partial charge in [-0.3, -0.25) is 28.9 Å². The number of ether oxygens (including phenoxy) is 2. The molecule has 4 amide bonds. The number of hydrogen-bond donors (Lipinski definition) is 3. The van der Waals surface area contributed by atoms with Crippen molar-refractivity contribution in [2.45, 2.75) is 133 Å². The summed E-state index contributed by atoms with van der Waals surface area (Å²) in [4.78, 5) is 62.0. The molecule has 14 nitrogen and oxygen atoms in total. The van der Waals surface area contributed by atoms with Crippen LogP contribution < -0.4 is 19.5 Å². The first kappa shape index (κ1) is 44.0. The molecule has 3 N–H and O–H groups in total. The summed E-state index contributed by atoms with van der Waals surface area (Å²) in [7, 11) is -4.55. The van der Waals surface area contributed by atoms with E-state index >= 15 is 13.6 Å². The van der Waals surface area contributed by atoms with Crippen LogP contribution in [0.4, 0.5) is 18.0 Å². The Bertz CT molecular complexity index is 2120. The summed E-state index contributed by atoms with van der Waals surface area (Å²) in [5, 5.41) is 13.9. The average molecular weight is 850 g/mol. The molecule has 8 atom stereocenters. The summed E-state index contributed by atoms with van der Waals surface area (Å²) in [6.45, 7) is 8.64. The van der Waals surface area contributed by atoms with Crippen LogP contribution in [0.5, 0.6) is 11.6 Å². The number of nitrogens with one attached hydrogen (secondary N) is 2. The quantitative estimate of drug-likeness (QED) is 0.181. The van der Waals surface area contributed by atoms with Crippen molar-refractivity contribution in [3.63, 3.8) is 0 Å². The van der Waals surface area contributed by atoms with Crippen molar-refractivity contribution < 1.29 is 55.3 Å². The van der Waals surface area contributed by atoms with Gasteiger partial charge < -0.3 is 19.9 Å². The van der Waals surface area contributed by atoms with Gasteiger partial charge in [0.1, 0.15) is 34.8 Å². The minimum Gasteiger partial charge on any atom is -0.492 e. The number of allylic oxidation sites excluding steroid dienone is 1. The maximum atomic E-state index is 17.6. The van der Waals surface area contributed by atoms with Gasteiger partial charge in [-0.15, -0.1) is 0 Å². The highest BCUT2D eigenvalue weighted by molar-refractivity contribution is 7.91. The molecule has 2 aromatic rings. The summed E-state index contributed by atoms with van der Waals surface area (Å²) in [5.41, 5.74) is -4.63. The van der Waals surface area contributed by atoms with E-state index in [0.717, 1.165) is 11.8 Å². The molecule has 1 unspecified atom stereocenters. The van der Waals surface area contributed by atoms with Crippen LogP contribution in [-0.4, -0.2) is 105 Å². The Morgan fingerprint density at radius 1 is 1.14 bits per heavy atom. The number of nitrogens with zero attached hydrogens (tertiary/aromatic N) is 3. The average Bonchev–Trinajstić information content (AvgIpc) is 4.10. The largest absolute Gasteiger partial charge is 0.492 e. The van der Waals surface area contributed by atoms with E-state index in [0.29, 0.717) is 29.4 Å². The highest BCUT2D eigenvalue weighted by Gasteiger charge is 2.71. The third-order valence-corrected chi connectivity index (χ3v) is 14.8. The summed E-state index contributed by atoms with van der Waals surface area (Å²) in [6.07, 6.45) is 3.79. The fraction of sp³-hybridized carbons (Fsp3) is 0.634. The highest BCUT2D eigenvalue weighted by atomic mass is 32.2. The van der Waals surface area contributed by atoms with Crippen LogP contribution in [0.2, 0.25) is 0 Å². The van der Waals surface area contributed by atoms with E-state index in [4.69, 9.17) is 9.47 Å². The zero-order valence-electron chi connectivity index (χ0n) is 34.2. The van der Waals surface area contributed by atoms with Crippen molar-refractivity contribution in [2.75, 3.05) is 13.3 Å². The van der Waals surface area contributed by atoms with Gasteiger partial charge >= 0.3 is 12.1 Å². The first-order valence-corrected chi connectivity index (χ1v) is 21.7. The lowest BCUT2D eigenvalue weighted by atomic mass is 9.86. The van der Waals surface area contributed by atoms with Gasteiger partial charge in [-0.2, -0.15) is 8.78 Å². The van der Waals surface area contributed by atoms with E-state index in [-0.39, 0.29) is 55.4 Å². The number of carboxylic acid groups (broad SMARTS) is 1. The van der Waals surface area contributed by atoms with Gasteiger partial charge in [0, 0.05) is 29.2 Å². The van der Waals surface area contributed by atoms with E-state index in [1.165, 1.54) is 6.20 Å². The number of carbonyl (C=O) groups is 4. The van der Waals surface area contributed by atoms with Crippen molar-refractivity contribution in [1.82, 2.24) is 24.8 Å². The molecular formula is C41H54F3N5O9S. The summed E-state index contributed by atoms with van der Waals surface area (Å²) >= 11 is 0. The normalized spacial score (nSPS) is 31.3. The predicted molar refractivity (Wildman–Crippen MR) is 211 cm³/mol. The van der Waals surface area contributed by atoms with Gasteiger partial charge in [0.15, 0.2) is 5.60 Å². The summed E-state index contributed by atoms with van der Waals surface area (Å²) < 4.78 is 87.6. The van der Waals surface area contributed by atoms with Crippen molar-refractivity contribution in [3.05, 3.63) is 42.6 Å². The number of hydrogen-bond acceptors (Lipinski definition) is 9. The van der Waals surface area contributed by atoms with Crippen LogP contribution >= 0.6 is 0 Å². The molecule has 2 aliphatic heterocycles. The zero-order chi connectivity index (χ0) is 43.3. The number of rotatable bonds is 11. The van der Waals surface area contributed by atoms with E-state index < -0.39 is 98.8 Å². The van der Waals surface area contributed by atoms with Crippen LogP contribution in [0.25, 0.3) is 10.8 Å². The number of aromatic nitrogens is 1. The Morgan fingerprint density at radius 2 is 1.81 bits per heavy atom. The Kier molecular flexibility index (Phi) is 12.0. The van der Waals surface area contributed by atoms with Crippen molar-refractivity contribution >= 4 is 44.6 Å². The molecule has 2 saturated carbocycles. The number of benzene rings is 1. The van der Waals surface area contributed by atoms with E-state index in [9.17, 15) is 32.3 Å². The lowest BCUT2D eigenvalue weighted by molar-refractivity contribution is -0.219. The van der Waals surface area contributed by atoms with Crippen LogP contribution in [-0.2, 0) is 24.4 Å². The predicted octanol–water partition coefficient (Wildman–Crippen LogP) is 5.95. The Labute approximate surface area is 342 Å². The molecular weight excluding hydrogens is 796 g/mol. The van der Waals surface area contributed by atoms with Gasteiger partial charge in [-0.1, -0.05) is 51.1 Å². The van der Waals surface area contributed by atoms with Gasteiger partial charge in [0.25, 0.3) is 11.8 Å². The van der Waals surface area contributed by atoms with Crippen molar-refractivity contribution in [2.24, 2.45) is 17.8 Å². The van der Waals surface area contributed by atoms with Crippen LogP contribution in [0.1, 0.15) is 92.9 Å². The first-order chi connectivity index (χ1) is 27.7. The molecule has 18 heteroatoms. The molecule has 59 heavy (non-hydrogen) atoms. The first-order valence-electron chi connectivity index (χ1n) is 20.3. The molecule has 2 aliphatic carbocycles. The number of carbonyl (C=O) groups excluding carboxylic acids is 3. The highest BCUT2D eigenvalue weighted by Crippen LogP contribution is 2.52. The van der Waals surface area contributed by atoms with E-state index in [2.05, 4.69) is 10.3 Å². The SMILES string of the molecule is CCOc1cnc(O[C@]2(C)C[C@H]3C(=O)N[C@]4(C(=O)NS(=O)(=O)C5(CF)CC5)C[C@H]4/C=C\CC[C@@H](C)C[C@@H](C)[C@H](N(C(=O)O)C(C)CC)C(=O)N3C2(F)F)c2ccccc12. The van der Waals surface area contributed by atoms with Crippen LogP contribution in [0.3, 0.4) is 0 Å². The molecule has 6 rings (SSSR count). The van der Waals surface area contributed by atoms with E-state index in [1.807, 2.05) is 11.6 Å². The monoisotopic (exact) mass is 849 g/mol. The fourth-order valence-electron chi connectivity index (χ4n) is 8.64. The molecule has 1 aromatic heterocycles. The Morgan fingerprint density at radius 3 is 2.42 bits per heavy atom.